The van der Waals surface area contributed by atoms with Crippen LogP contribution in [0.5, 0.6) is 5.75 Å². The molecular formula is C10H16N2O. The number of rotatable bonds is 2. The van der Waals surface area contributed by atoms with Gasteiger partial charge in [-0.2, -0.15) is 0 Å². The fraction of sp³-hybridized carbons (Fsp3) is 0.400. The second-order valence-electron chi connectivity index (χ2n) is 3.38. The summed E-state index contributed by atoms with van der Waals surface area (Å²) in [4.78, 5) is 0. The molecule has 72 valence electrons. The molecule has 13 heavy (non-hydrogen) atoms. The second-order valence-corrected chi connectivity index (χ2v) is 3.38. The molecule has 3 nitrogen and oxygen atoms in total. The average molecular weight is 180 g/mol. The van der Waals surface area contributed by atoms with E-state index in [4.69, 9.17) is 5.84 Å². The molecular weight excluding hydrogens is 164 g/mol. The summed E-state index contributed by atoms with van der Waals surface area (Å²) in [7, 11) is 0. The first-order valence-electron chi connectivity index (χ1n) is 4.32. The molecule has 1 atom stereocenters. The van der Waals surface area contributed by atoms with E-state index in [1.54, 1.807) is 6.07 Å². The number of hydrazine groups is 1. The van der Waals surface area contributed by atoms with Crippen LogP contribution in [-0.2, 0) is 0 Å². The molecule has 0 aliphatic heterocycles. The van der Waals surface area contributed by atoms with E-state index in [0.29, 0.717) is 5.75 Å². The summed E-state index contributed by atoms with van der Waals surface area (Å²) in [6.45, 7) is 5.89. The highest BCUT2D eigenvalue weighted by Crippen LogP contribution is 2.26. The Labute approximate surface area is 78.5 Å². The van der Waals surface area contributed by atoms with Crippen molar-refractivity contribution >= 4 is 0 Å². The first-order valence-corrected chi connectivity index (χ1v) is 4.32. The Kier molecular flexibility index (Phi) is 2.90. The van der Waals surface area contributed by atoms with Crippen molar-refractivity contribution in [2.75, 3.05) is 0 Å². The number of phenolic OH excluding ortho intramolecular Hbond substituents is 1. The zero-order valence-electron chi connectivity index (χ0n) is 8.26. The van der Waals surface area contributed by atoms with Gasteiger partial charge in [0, 0.05) is 11.6 Å². The number of aromatic hydroxyl groups is 1. The molecule has 3 heteroatoms. The Morgan fingerprint density at radius 2 is 1.85 bits per heavy atom. The van der Waals surface area contributed by atoms with Gasteiger partial charge in [-0.3, -0.25) is 11.3 Å². The molecule has 0 aliphatic rings. The number of hydrogen-bond donors (Lipinski definition) is 3. The van der Waals surface area contributed by atoms with Crippen LogP contribution < -0.4 is 11.3 Å². The third kappa shape index (κ3) is 1.99. The van der Waals surface area contributed by atoms with Crippen LogP contribution in [0.2, 0.25) is 0 Å². The van der Waals surface area contributed by atoms with Gasteiger partial charge in [-0.25, -0.2) is 0 Å². The lowest BCUT2D eigenvalue weighted by atomic mass is 10.0. The van der Waals surface area contributed by atoms with Gasteiger partial charge in [0.25, 0.3) is 0 Å². The van der Waals surface area contributed by atoms with Crippen LogP contribution in [0.25, 0.3) is 0 Å². The van der Waals surface area contributed by atoms with Gasteiger partial charge >= 0.3 is 0 Å². The summed E-state index contributed by atoms with van der Waals surface area (Å²) in [5.41, 5.74) is 5.70. The Hall–Kier alpha value is -1.06. The standard InChI is InChI=1S/C10H16N2O/c1-6-4-9(8(3)12-11)10(13)5-7(6)2/h4-5,8,12-13H,11H2,1-3H3/t8-/m1/s1. The molecule has 0 spiro atoms. The number of nitrogens with one attached hydrogen (secondary N) is 1. The molecule has 0 heterocycles. The van der Waals surface area contributed by atoms with E-state index in [1.165, 1.54) is 0 Å². The number of aryl methyl sites for hydroxylation is 2. The monoisotopic (exact) mass is 180 g/mol. The molecule has 0 aromatic heterocycles. The van der Waals surface area contributed by atoms with Crippen LogP contribution in [0, 0.1) is 13.8 Å². The van der Waals surface area contributed by atoms with E-state index in [0.717, 1.165) is 16.7 Å². The number of hydrogen-bond acceptors (Lipinski definition) is 3. The van der Waals surface area contributed by atoms with E-state index in [9.17, 15) is 5.11 Å². The third-order valence-corrected chi connectivity index (χ3v) is 2.36. The molecule has 1 rings (SSSR count). The maximum absolute atomic E-state index is 9.62. The van der Waals surface area contributed by atoms with Crippen LogP contribution in [0.15, 0.2) is 12.1 Å². The van der Waals surface area contributed by atoms with Crippen molar-refractivity contribution < 1.29 is 5.11 Å². The van der Waals surface area contributed by atoms with E-state index in [1.807, 2.05) is 26.8 Å². The fourth-order valence-electron chi connectivity index (χ4n) is 1.26. The minimum absolute atomic E-state index is 0.0284. The van der Waals surface area contributed by atoms with Crippen LogP contribution >= 0.6 is 0 Å². The van der Waals surface area contributed by atoms with Crippen molar-refractivity contribution in [3.05, 3.63) is 28.8 Å². The highest BCUT2D eigenvalue weighted by Gasteiger charge is 2.09. The summed E-state index contributed by atoms with van der Waals surface area (Å²) in [6.07, 6.45) is 0. The summed E-state index contributed by atoms with van der Waals surface area (Å²) in [5.74, 6) is 5.60. The van der Waals surface area contributed by atoms with Gasteiger partial charge < -0.3 is 5.11 Å². The van der Waals surface area contributed by atoms with Crippen molar-refractivity contribution in [2.24, 2.45) is 5.84 Å². The van der Waals surface area contributed by atoms with Crippen molar-refractivity contribution in [1.29, 1.82) is 0 Å². The van der Waals surface area contributed by atoms with Crippen LogP contribution in [-0.4, -0.2) is 5.11 Å². The fourth-order valence-corrected chi connectivity index (χ4v) is 1.26. The van der Waals surface area contributed by atoms with E-state index in [-0.39, 0.29) is 6.04 Å². The minimum atomic E-state index is -0.0284. The van der Waals surface area contributed by atoms with E-state index in [2.05, 4.69) is 5.43 Å². The number of nitrogens with two attached hydrogens (primary N) is 1. The summed E-state index contributed by atoms with van der Waals surface area (Å²) in [6, 6.07) is 3.69. The van der Waals surface area contributed by atoms with Gasteiger partial charge in [0.1, 0.15) is 5.75 Å². The normalized spacial score (nSPS) is 12.9. The number of phenols is 1. The van der Waals surface area contributed by atoms with Gasteiger partial charge in [-0.1, -0.05) is 6.07 Å². The predicted molar refractivity (Wildman–Crippen MR) is 53.3 cm³/mol. The zero-order chi connectivity index (χ0) is 10.0. The summed E-state index contributed by atoms with van der Waals surface area (Å²) in [5, 5.41) is 9.62. The lowest BCUT2D eigenvalue weighted by Crippen LogP contribution is -2.25. The molecule has 0 amide bonds. The minimum Gasteiger partial charge on any atom is -0.508 e. The van der Waals surface area contributed by atoms with Gasteiger partial charge in [0.15, 0.2) is 0 Å². The van der Waals surface area contributed by atoms with E-state index < -0.39 is 0 Å². The molecule has 1 aromatic carbocycles. The molecule has 0 saturated carbocycles. The molecule has 0 unspecified atom stereocenters. The largest absolute Gasteiger partial charge is 0.508 e. The van der Waals surface area contributed by atoms with Gasteiger partial charge in [-0.05, 0) is 38.0 Å². The first-order chi connectivity index (χ1) is 6.06. The summed E-state index contributed by atoms with van der Waals surface area (Å²) < 4.78 is 0. The van der Waals surface area contributed by atoms with Crippen LogP contribution in [0.1, 0.15) is 29.7 Å². The molecule has 0 bridgehead atoms. The second kappa shape index (κ2) is 3.77. The Balaban J connectivity index is 3.15. The number of benzene rings is 1. The highest BCUT2D eigenvalue weighted by molar-refractivity contribution is 5.42. The molecule has 0 saturated heterocycles. The molecule has 0 radical (unpaired) electrons. The Morgan fingerprint density at radius 3 is 2.38 bits per heavy atom. The van der Waals surface area contributed by atoms with E-state index >= 15 is 0 Å². The topological polar surface area (TPSA) is 58.3 Å². The third-order valence-electron chi connectivity index (χ3n) is 2.36. The van der Waals surface area contributed by atoms with Gasteiger partial charge in [-0.15, -0.1) is 0 Å². The van der Waals surface area contributed by atoms with Gasteiger partial charge in [0.2, 0.25) is 0 Å². The lowest BCUT2D eigenvalue weighted by Gasteiger charge is -2.14. The molecule has 0 fully saturated rings. The smallest absolute Gasteiger partial charge is 0.120 e. The Bertz CT molecular complexity index is 310. The highest BCUT2D eigenvalue weighted by atomic mass is 16.3. The molecule has 0 aliphatic carbocycles. The van der Waals surface area contributed by atoms with Crippen LogP contribution in [0.4, 0.5) is 0 Å². The van der Waals surface area contributed by atoms with Gasteiger partial charge in [0.05, 0.1) is 0 Å². The van der Waals surface area contributed by atoms with Crippen molar-refractivity contribution in [1.82, 2.24) is 5.43 Å². The zero-order valence-corrected chi connectivity index (χ0v) is 8.26. The average Bonchev–Trinajstić information content (AvgIpc) is 2.10. The SMILES string of the molecule is Cc1cc(O)c([C@@H](C)NN)cc1C. The van der Waals surface area contributed by atoms with Crippen molar-refractivity contribution in [3.8, 4) is 5.75 Å². The Morgan fingerprint density at radius 1 is 1.31 bits per heavy atom. The quantitative estimate of drug-likeness (QED) is 0.478. The van der Waals surface area contributed by atoms with Crippen LogP contribution in [0.3, 0.4) is 0 Å². The van der Waals surface area contributed by atoms with Crippen molar-refractivity contribution in [3.63, 3.8) is 0 Å². The predicted octanol–water partition coefficient (Wildman–Crippen LogP) is 1.53. The maximum atomic E-state index is 9.62. The maximum Gasteiger partial charge on any atom is 0.120 e. The summed E-state index contributed by atoms with van der Waals surface area (Å²) >= 11 is 0. The molecule has 1 aromatic rings. The molecule has 4 N–H and O–H groups in total. The van der Waals surface area contributed by atoms with Crippen molar-refractivity contribution in [2.45, 2.75) is 26.8 Å². The first kappa shape index (κ1) is 10.0. The lowest BCUT2D eigenvalue weighted by molar-refractivity contribution is 0.454.